The fourth-order valence-corrected chi connectivity index (χ4v) is 6.37. The van der Waals surface area contributed by atoms with Crippen LogP contribution in [-0.4, -0.2) is 27.4 Å². The molecule has 1 aromatic rings. The zero-order chi connectivity index (χ0) is 17.2. The Balaban J connectivity index is 1.63. The Morgan fingerprint density at radius 1 is 1.04 bits per heavy atom. The summed E-state index contributed by atoms with van der Waals surface area (Å²) in [5.74, 6) is -0.337. The molecule has 0 spiro atoms. The Labute approximate surface area is 156 Å². The van der Waals surface area contributed by atoms with Crippen LogP contribution >= 0.6 is 31.9 Å². The summed E-state index contributed by atoms with van der Waals surface area (Å²) in [6.07, 6.45) is 0.925. The number of carbonyl (C=O) groups excluding carboxylic acids is 3. The lowest BCUT2D eigenvalue weighted by Crippen LogP contribution is -2.37. The Kier molecular flexibility index (Phi) is 3.84. The summed E-state index contributed by atoms with van der Waals surface area (Å²) >= 11 is 7.37. The van der Waals surface area contributed by atoms with Crippen molar-refractivity contribution in [1.82, 2.24) is 0 Å². The van der Waals surface area contributed by atoms with E-state index in [1.54, 1.807) is 24.3 Å². The van der Waals surface area contributed by atoms with E-state index in [0.29, 0.717) is 11.4 Å². The molecule has 0 radical (unpaired) electrons. The second-order valence-electron chi connectivity index (χ2n) is 6.74. The second-order valence-corrected chi connectivity index (χ2v) is 8.86. The number of halogens is 2. The molecule has 1 saturated heterocycles. The molecule has 1 heterocycles. The van der Waals surface area contributed by atoms with Crippen molar-refractivity contribution in [3.8, 4) is 0 Å². The number of nitrogens with one attached hydrogen (secondary N) is 1. The Bertz CT molecular complexity index is 704. The van der Waals surface area contributed by atoms with Crippen molar-refractivity contribution in [2.24, 2.45) is 23.7 Å². The van der Waals surface area contributed by atoms with Gasteiger partial charge in [0.15, 0.2) is 0 Å². The maximum atomic E-state index is 12.9. The van der Waals surface area contributed by atoms with Gasteiger partial charge in [0.2, 0.25) is 17.7 Å². The molecular formula is C17H16Br2N2O3. The van der Waals surface area contributed by atoms with Gasteiger partial charge in [-0.15, -0.1) is 0 Å². The molecule has 1 aromatic carbocycles. The predicted molar refractivity (Wildman–Crippen MR) is 97.2 cm³/mol. The number of hydrogen-bond donors (Lipinski definition) is 1. The first kappa shape index (κ1) is 16.3. The van der Waals surface area contributed by atoms with Crippen LogP contribution in [0.1, 0.15) is 13.3 Å². The van der Waals surface area contributed by atoms with E-state index in [0.717, 1.165) is 6.42 Å². The van der Waals surface area contributed by atoms with Crippen LogP contribution in [0.2, 0.25) is 0 Å². The Morgan fingerprint density at radius 3 is 2.00 bits per heavy atom. The summed E-state index contributed by atoms with van der Waals surface area (Å²) in [6, 6.07) is 6.84. The molecule has 3 fully saturated rings. The van der Waals surface area contributed by atoms with E-state index in [9.17, 15) is 14.4 Å². The normalized spacial score (nSPS) is 37.0. The molecule has 126 valence electrons. The lowest BCUT2D eigenvalue weighted by atomic mass is 9.81. The van der Waals surface area contributed by atoms with Crippen molar-refractivity contribution in [2.45, 2.75) is 23.0 Å². The van der Waals surface area contributed by atoms with Crippen LogP contribution in [0, 0.1) is 23.7 Å². The molecule has 2 saturated carbocycles. The molecule has 2 aliphatic carbocycles. The number of carbonyl (C=O) groups is 3. The molecule has 7 heteroatoms. The van der Waals surface area contributed by atoms with Crippen molar-refractivity contribution in [3.05, 3.63) is 24.3 Å². The van der Waals surface area contributed by atoms with Gasteiger partial charge < -0.3 is 5.32 Å². The van der Waals surface area contributed by atoms with Gasteiger partial charge in [-0.25, -0.2) is 0 Å². The minimum Gasteiger partial charge on any atom is -0.326 e. The van der Waals surface area contributed by atoms with E-state index in [-0.39, 0.29) is 51.0 Å². The minimum atomic E-state index is -0.212. The third-order valence-corrected chi connectivity index (χ3v) is 8.64. The number of fused-ring (bicyclic) bond motifs is 5. The van der Waals surface area contributed by atoms with Crippen LogP contribution < -0.4 is 10.2 Å². The van der Waals surface area contributed by atoms with Crippen molar-refractivity contribution < 1.29 is 14.4 Å². The number of nitrogens with zero attached hydrogens (tertiary/aromatic N) is 1. The largest absolute Gasteiger partial charge is 0.326 e. The van der Waals surface area contributed by atoms with Gasteiger partial charge in [-0.05, 0) is 42.5 Å². The fraction of sp³-hybridized carbons (Fsp3) is 0.471. The highest BCUT2D eigenvalue weighted by molar-refractivity contribution is 9.12. The van der Waals surface area contributed by atoms with E-state index in [1.165, 1.54) is 11.8 Å². The second kappa shape index (κ2) is 5.66. The molecule has 4 rings (SSSR count). The molecule has 3 aliphatic rings. The Hall–Kier alpha value is -1.21. The first-order valence-corrected chi connectivity index (χ1v) is 9.77. The summed E-state index contributed by atoms with van der Waals surface area (Å²) in [5, 5.41) is 2.68. The molecule has 1 N–H and O–H groups in total. The van der Waals surface area contributed by atoms with Crippen molar-refractivity contribution in [3.63, 3.8) is 0 Å². The maximum Gasteiger partial charge on any atom is 0.238 e. The highest BCUT2D eigenvalue weighted by Gasteiger charge is 2.66. The van der Waals surface area contributed by atoms with Gasteiger partial charge in [0.1, 0.15) is 0 Å². The van der Waals surface area contributed by atoms with Gasteiger partial charge in [0, 0.05) is 22.3 Å². The summed E-state index contributed by atoms with van der Waals surface area (Å²) in [4.78, 5) is 38.7. The van der Waals surface area contributed by atoms with Crippen LogP contribution in [0.5, 0.6) is 0 Å². The van der Waals surface area contributed by atoms with Gasteiger partial charge in [-0.1, -0.05) is 31.9 Å². The number of amides is 3. The molecule has 3 amide bonds. The summed E-state index contributed by atoms with van der Waals surface area (Å²) in [7, 11) is 0. The third-order valence-electron chi connectivity index (χ3n) is 5.43. The van der Waals surface area contributed by atoms with Crippen molar-refractivity contribution in [2.75, 3.05) is 10.2 Å². The summed E-state index contributed by atoms with van der Waals surface area (Å²) in [5.41, 5.74) is 1.22. The number of alkyl halides is 2. The average molecular weight is 456 g/mol. The maximum absolute atomic E-state index is 12.9. The van der Waals surface area contributed by atoms with Gasteiger partial charge in [0.25, 0.3) is 0 Å². The number of rotatable bonds is 2. The number of anilines is 2. The topological polar surface area (TPSA) is 66.5 Å². The van der Waals surface area contributed by atoms with E-state index in [4.69, 9.17) is 0 Å². The highest BCUT2D eigenvalue weighted by atomic mass is 79.9. The molecule has 6 atom stereocenters. The zero-order valence-corrected chi connectivity index (χ0v) is 16.1. The standard InChI is InChI=1S/C17H16Br2N2O3/c1-7(22)20-8-2-4-9(5-3-8)21-16(23)12-10-6-11(13(12)17(21)24)15(19)14(10)18/h2-5,10-15H,6H2,1H3,(H,20,22)/t10-,11-,12-,13-,14-,15+/m1/s1. The van der Waals surface area contributed by atoms with Crippen LogP contribution in [-0.2, 0) is 14.4 Å². The molecule has 0 aromatic heterocycles. The van der Waals surface area contributed by atoms with E-state index >= 15 is 0 Å². The molecule has 2 bridgehead atoms. The lowest BCUT2D eigenvalue weighted by molar-refractivity contribution is -0.123. The quantitative estimate of drug-likeness (QED) is 0.550. The Morgan fingerprint density at radius 2 is 1.54 bits per heavy atom. The van der Waals surface area contributed by atoms with Crippen LogP contribution in [0.3, 0.4) is 0 Å². The number of hydrogen-bond acceptors (Lipinski definition) is 3. The summed E-state index contributed by atoms with van der Waals surface area (Å²) in [6.45, 7) is 1.44. The molecular weight excluding hydrogens is 440 g/mol. The van der Waals surface area contributed by atoms with E-state index in [1.807, 2.05) is 0 Å². The van der Waals surface area contributed by atoms with Gasteiger partial charge in [-0.2, -0.15) is 0 Å². The first-order valence-electron chi connectivity index (χ1n) is 7.93. The lowest BCUT2D eigenvalue weighted by Gasteiger charge is -2.28. The minimum absolute atomic E-state index is 0.0892. The fourth-order valence-electron chi connectivity index (χ4n) is 4.50. The molecule has 0 unspecified atom stereocenters. The van der Waals surface area contributed by atoms with Crippen LogP contribution in [0.15, 0.2) is 24.3 Å². The van der Waals surface area contributed by atoms with E-state index in [2.05, 4.69) is 37.2 Å². The van der Waals surface area contributed by atoms with E-state index < -0.39 is 0 Å². The zero-order valence-electron chi connectivity index (χ0n) is 12.9. The molecule has 5 nitrogen and oxygen atoms in total. The monoisotopic (exact) mass is 454 g/mol. The third kappa shape index (κ3) is 2.20. The predicted octanol–water partition coefficient (Wildman–Crippen LogP) is 2.93. The van der Waals surface area contributed by atoms with Crippen molar-refractivity contribution in [1.29, 1.82) is 0 Å². The SMILES string of the molecule is CC(=O)Nc1ccc(N2C(=O)[C@@H]3[C@H]4C[C@@H]([C@@H](Br)[C@H]4Br)[C@H]3C2=O)cc1. The first-order chi connectivity index (χ1) is 11.4. The molecule has 24 heavy (non-hydrogen) atoms. The van der Waals surface area contributed by atoms with Gasteiger partial charge >= 0.3 is 0 Å². The smallest absolute Gasteiger partial charge is 0.238 e. The van der Waals surface area contributed by atoms with Crippen LogP contribution in [0.25, 0.3) is 0 Å². The summed E-state index contributed by atoms with van der Waals surface area (Å²) < 4.78 is 0. The number of benzene rings is 1. The average Bonchev–Trinajstić information content (AvgIpc) is 3.13. The molecule has 1 aliphatic heterocycles. The van der Waals surface area contributed by atoms with Crippen LogP contribution in [0.4, 0.5) is 11.4 Å². The van der Waals surface area contributed by atoms with Gasteiger partial charge in [0.05, 0.1) is 17.5 Å². The highest BCUT2D eigenvalue weighted by Crippen LogP contribution is 2.60. The van der Waals surface area contributed by atoms with Crippen molar-refractivity contribution >= 4 is 61.0 Å². The van der Waals surface area contributed by atoms with Gasteiger partial charge in [-0.3, -0.25) is 19.3 Å². The number of imide groups is 1.